The summed E-state index contributed by atoms with van der Waals surface area (Å²) in [5.74, 6) is 5.18. The van der Waals surface area contributed by atoms with Crippen LogP contribution in [0.25, 0.3) is 0 Å². The smallest absolute Gasteiger partial charge is 0.234 e. The van der Waals surface area contributed by atoms with Crippen LogP contribution in [0.5, 0.6) is 5.75 Å². The largest absolute Gasteiger partial charge is 0.508 e. The number of methoxy groups -OCH3 is 1. The molecule has 6 saturated carbocycles. The quantitative estimate of drug-likeness (QED) is 0.0544. The van der Waals surface area contributed by atoms with E-state index in [0.717, 1.165) is 61.3 Å². The summed E-state index contributed by atoms with van der Waals surface area (Å²) in [4.78, 5) is 34.7. The summed E-state index contributed by atoms with van der Waals surface area (Å²) >= 11 is 0. The van der Waals surface area contributed by atoms with Gasteiger partial charge in [-0.05, 0) is 191 Å². The molecule has 17 heteroatoms. The number of aliphatic hydroxyl groups is 8. The van der Waals surface area contributed by atoms with Crippen LogP contribution in [-0.2, 0) is 25.5 Å². The highest BCUT2D eigenvalue weighted by Gasteiger charge is 2.80. The van der Waals surface area contributed by atoms with E-state index in [4.69, 9.17) is 9.47 Å². The highest BCUT2D eigenvalue weighted by molar-refractivity contribution is 8.76. The molecule has 25 atom stereocenters. The standard InChI is InChI=1S/C69H96N2O13S2/c1-38(2)39(3)56-58(84-56)67(81)20-8-13-44-27-49-50-29-53(75)66(32-54(76)64(80,37-73)35-61(49,66)4)60(79)86-85-34-46-12-7-11-45(33-72)69(46)59(78)71(47-25-41(26-48(74)28-47)17-22-65(44)52(67)18-23-68(50,65)82)36-62(69)31-42-10-6-9-40-16-21-63(30-40)43(19-24-83-5)14-15-51(70-63)55(42)57(62)77/h8,13,25-26,28-29,38-40,42-46,49,51-52,54-58,60,70,72-74,76-77,79-82H,7,9,11-12,14-24,27,30-37H2,1-5H3. The number of aryl methyl sites for hydroxylation is 1. The molecule has 0 radical (unpaired) electrons. The molecule has 1 amide bonds. The van der Waals surface area contributed by atoms with Crippen LogP contribution in [0, 0.1) is 104 Å². The number of hydrogen-bond acceptors (Lipinski definition) is 16. The van der Waals surface area contributed by atoms with Crippen LogP contribution in [0.1, 0.15) is 149 Å². The zero-order valence-electron chi connectivity index (χ0n) is 51.2. The number of carbonyl (C=O) groups is 2. The molecule has 7 heterocycles. The summed E-state index contributed by atoms with van der Waals surface area (Å²) in [6.45, 7) is 8.10. The lowest BCUT2D eigenvalue weighted by Gasteiger charge is -2.68. The van der Waals surface area contributed by atoms with Gasteiger partial charge < -0.3 is 65.6 Å². The van der Waals surface area contributed by atoms with Gasteiger partial charge in [-0.1, -0.05) is 73.8 Å². The number of anilines is 1. The van der Waals surface area contributed by atoms with Crippen LogP contribution in [0.2, 0.25) is 0 Å². The Kier molecular flexibility index (Phi) is 15.1. The molecule has 1 aromatic rings. The van der Waals surface area contributed by atoms with Crippen LogP contribution < -0.4 is 10.2 Å². The molecule has 3 saturated heterocycles. The number of hydrogen-bond donors (Lipinski definition) is 10. The maximum atomic E-state index is 16.9. The summed E-state index contributed by atoms with van der Waals surface area (Å²) in [6, 6.07) is 5.29. The summed E-state index contributed by atoms with van der Waals surface area (Å²) < 4.78 is 12.3. The van der Waals surface area contributed by atoms with Crippen LogP contribution in [-0.4, -0.2) is 155 Å². The summed E-state index contributed by atoms with van der Waals surface area (Å²) in [5, 5.41) is 119. The van der Waals surface area contributed by atoms with Crippen molar-refractivity contribution in [1.29, 1.82) is 0 Å². The number of phenols is 1. The lowest BCUT2D eigenvalue weighted by atomic mass is 9.38. The first-order valence-corrected chi connectivity index (χ1v) is 35.6. The minimum atomic E-state index is -2.04. The monoisotopic (exact) mass is 1220 g/mol. The third-order valence-corrected chi connectivity index (χ3v) is 30.4. The van der Waals surface area contributed by atoms with E-state index >= 15 is 9.59 Å². The molecule has 7 aliphatic heterocycles. The van der Waals surface area contributed by atoms with Crippen LogP contribution in [0.3, 0.4) is 0 Å². The molecule has 8 aliphatic carbocycles. The Hall–Kier alpha value is -2.54. The average Bonchev–Trinajstić information content (AvgIpc) is 1.30. The fraction of sp³-hybridized carbons (Fsp3) is 0.797. The van der Waals surface area contributed by atoms with E-state index in [2.05, 4.69) is 44.0 Å². The normalized spacial score (nSPS) is 51.1. The molecule has 25 unspecified atom stereocenters. The number of carbonyl (C=O) groups excluding carboxylic acids is 2. The number of nitrogens with one attached hydrogen (secondary N) is 1. The van der Waals surface area contributed by atoms with Gasteiger partial charge in [0.05, 0.1) is 41.3 Å². The van der Waals surface area contributed by atoms with Gasteiger partial charge in [0.2, 0.25) is 5.91 Å². The first-order valence-electron chi connectivity index (χ1n) is 33.2. The molecule has 9 fully saturated rings. The Bertz CT molecular complexity index is 3010. The maximum absolute atomic E-state index is 16.9. The number of fused-ring (bicyclic) bond motifs is 5. The van der Waals surface area contributed by atoms with E-state index < -0.39 is 110 Å². The number of rotatable bonds is 8. The number of benzene rings is 1. The van der Waals surface area contributed by atoms with Gasteiger partial charge in [-0.25, -0.2) is 0 Å². The Balaban J connectivity index is 0.937. The molecular weight excluding hydrogens is 1130 g/mol. The third kappa shape index (κ3) is 8.14. The number of aromatic hydroxyl groups is 1. The van der Waals surface area contributed by atoms with Gasteiger partial charge in [0.15, 0.2) is 5.78 Å². The minimum Gasteiger partial charge on any atom is -0.508 e. The number of phenolic OH excluding ortho intramolecular Hbond substituents is 1. The minimum absolute atomic E-state index is 0.0397. The van der Waals surface area contributed by atoms with Gasteiger partial charge in [0, 0.05) is 91.0 Å². The van der Waals surface area contributed by atoms with Crippen molar-refractivity contribution in [2.24, 2.45) is 92.2 Å². The van der Waals surface area contributed by atoms with E-state index in [9.17, 15) is 46.0 Å². The van der Waals surface area contributed by atoms with E-state index in [1.165, 1.54) is 10.8 Å². The Morgan fingerprint density at radius 3 is 2.53 bits per heavy atom. The molecule has 15 aliphatic rings. The highest BCUT2D eigenvalue weighted by Crippen LogP contribution is 2.77. The lowest BCUT2D eigenvalue weighted by Crippen LogP contribution is -2.72. The molecule has 11 bridgehead atoms. The zero-order chi connectivity index (χ0) is 60.5. The van der Waals surface area contributed by atoms with Crippen molar-refractivity contribution in [1.82, 2.24) is 5.32 Å². The second kappa shape index (κ2) is 21.3. The Morgan fingerprint density at radius 2 is 1.77 bits per heavy atom. The van der Waals surface area contributed by atoms with Crippen molar-refractivity contribution in [3.8, 4) is 17.6 Å². The van der Waals surface area contributed by atoms with Gasteiger partial charge in [-0.2, -0.15) is 0 Å². The maximum Gasteiger partial charge on any atom is 0.234 e. The molecule has 86 heavy (non-hydrogen) atoms. The van der Waals surface area contributed by atoms with Crippen LogP contribution in [0.15, 0.2) is 42.0 Å². The van der Waals surface area contributed by atoms with Gasteiger partial charge in [0.1, 0.15) is 28.5 Å². The number of ether oxygens (including phenoxy) is 2. The molecule has 472 valence electrons. The number of amides is 1. The van der Waals surface area contributed by atoms with Gasteiger partial charge in [-0.15, -0.1) is 5.92 Å². The highest BCUT2D eigenvalue weighted by atomic mass is 33.1. The van der Waals surface area contributed by atoms with Crippen molar-refractivity contribution in [3.63, 3.8) is 0 Å². The van der Waals surface area contributed by atoms with Gasteiger partial charge >= 0.3 is 0 Å². The molecule has 10 N–H and O–H groups in total. The molecule has 0 aromatic heterocycles. The number of ketones is 1. The fourth-order valence-electron chi connectivity index (χ4n) is 23.5. The lowest BCUT2D eigenvalue weighted by molar-refractivity contribution is -0.235. The topological polar surface area (TPSA) is 253 Å². The number of piperidine rings is 1. The third-order valence-electron chi connectivity index (χ3n) is 27.7. The summed E-state index contributed by atoms with van der Waals surface area (Å²) in [6.07, 6.45) is 12.7. The number of aliphatic hydroxyl groups excluding tert-OH is 5. The number of epoxide rings is 1. The molecule has 5 spiro atoms. The van der Waals surface area contributed by atoms with Gasteiger partial charge in [-0.3, -0.25) is 9.59 Å². The van der Waals surface area contributed by atoms with E-state index in [-0.39, 0.29) is 91.8 Å². The Labute approximate surface area is 516 Å². The van der Waals surface area contributed by atoms with Crippen molar-refractivity contribution >= 4 is 39.0 Å². The number of allylic oxidation sites excluding steroid dienone is 2. The average molecular weight is 1230 g/mol. The molecule has 1 aromatic carbocycles. The van der Waals surface area contributed by atoms with E-state index in [0.29, 0.717) is 86.8 Å². The first kappa shape index (κ1) is 61.0. The number of nitrogens with zero attached hydrogens (tertiary/aromatic N) is 1. The predicted octanol–water partition coefficient (Wildman–Crippen LogP) is 7.01. The first-order chi connectivity index (χ1) is 41.0. The zero-order valence-corrected chi connectivity index (χ0v) is 52.8. The second-order valence-corrected chi connectivity index (χ2v) is 33.6. The molecule has 16 rings (SSSR count). The second-order valence-electron chi connectivity index (χ2n) is 31.1. The van der Waals surface area contributed by atoms with Crippen LogP contribution in [0.4, 0.5) is 5.69 Å². The summed E-state index contributed by atoms with van der Waals surface area (Å²) in [7, 11) is 4.26. The SMILES string of the molecule is COCCC1CCC2NC13CCC(CC#CC1CC4(CN5C(=O)C46C(CO)CCCC6CSSC(O)C46CC(O)C(O)(CO)CC4(C)C4CC7C=CCC(O)(C8OC8C(C)C(C)C)C8CCC(O)(C4=CC6=O)C78CCc4cc(O)cc5c4)C(O)C12)C3. The van der Waals surface area contributed by atoms with E-state index in [1.807, 2.05) is 24.0 Å². The molecule has 15 nitrogen and oxygen atoms in total. The van der Waals surface area contributed by atoms with Crippen molar-refractivity contribution in [3.05, 3.63) is 47.6 Å². The van der Waals surface area contributed by atoms with Gasteiger partial charge in [0.25, 0.3) is 0 Å². The predicted molar refractivity (Wildman–Crippen MR) is 328 cm³/mol. The Morgan fingerprint density at radius 1 is 0.953 bits per heavy atom. The van der Waals surface area contributed by atoms with E-state index in [1.54, 1.807) is 25.3 Å². The van der Waals surface area contributed by atoms with Crippen LogP contribution >= 0.6 is 21.6 Å². The van der Waals surface area contributed by atoms with Crippen molar-refractivity contribution in [2.75, 3.05) is 44.1 Å². The van der Waals surface area contributed by atoms with Crippen molar-refractivity contribution < 1.29 is 65.0 Å². The van der Waals surface area contributed by atoms with Crippen molar-refractivity contribution in [2.45, 2.75) is 208 Å². The molecular formula is C69H96N2O13S2. The summed E-state index contributed by atoms with van der Waals surface area (Å²) in [5.41, 5.74) is -11.7. The fourth-order valence-corrected chi connectivity index (χ4v) is 26.5.